The number of carbonyl (C=O) groups is 2. The van der Waals surface area contributed by atoms with Gasteiger partial charge in [0.2, 0.25) is 0 Å². The van der Waals surface area contributed by atoms with Crippen molar-refractivity contribution in [2.24, 2.45) is 0 Å². The lowest BCUT2D eigenvalue weighted by atomic mass is 10.0. The van der Waals surface area contributed by atoms with Gasteiger partial charge >= 0.3 is 0 Å². The Bertz CT molecular complexity index is 1010. The molecule has 1 amide bonds. The standard InChI is InChI=1S/C21H14ClF2NO3/c22-15-5-1-13(2-6-15)21(27)14-3-8-17(9-4-14)28-12-20(26)25-19-10-7-16(23)11-18(19)24/h1-11H,12H2,(H,25,26). The number of anilines is 1. The monoisotopic (exact) mass is 401 g/mol. The van der Waals surface area contributed by atoms with Crippen LogP contribution in [0.4, 0.5) is 14.5 Å². The predicted octanol–water partition coefficient (Wildman–Crippen LogP) is 4.87. The second kappa shape index (κ2) is 8.63. The molecule has 0 aliphatic heterocycles. The molecule has 0 heterocycles. The van der Waals surface area contributed by atoms with Crippen molar-refractivity contribution < 1.29 is 23.1 Å². The Morgan fingerprint density at radius 3 is 2.11 bits per heavy atom. The number of benzene rings is 3. The number of carbonyl (C=O) groups excluding carboxylic acids is 2. The lowest BCUT2D eigenvalue weighted by Gasteiger charge is -2.09. The van der Waals surface area contributed by atoms with E-state index in [4.69, 9.17) is 16.3 Å². The van der Waals surface area contributed by atoms with Crippen LogP contribution in [-0.2, 0) is 4.79 Å². The Morgan fingerprint density at radius 1 is 0.893 bits per heavy atom. The van der Waals surface area contributed by atoms with Gasteiger partial charge in [-0.15, -0.1) is 0 Å². The Kier molecular flexibility index (Phi) is 6.01. The molecule has 0 saturated carbocycles. The Labute approximate surface area is 164 Å². The first-order chi connectivity index (χ1) is 13.4. The largest absolute Gasteiger partial charge is 0.484 e. The molecule has 0 aliphatic rings. The van der Waals surface area contributed by atoms with E-state index in [0.717, 1.165) is 12.1 Å². The molecule has 7 heteroatoms. The quantitative estimate of drug-likeness (QED) is 0.600. The highest BCUT2D eigenvalue weighted by molar-refractivity contribution is 6.30. The average Bonchev–Trinajstić information content (AvgIpc) is 2.69. The molecule has 0 spiro atoms. The summed E-state index contributed by atoms with van der Waals surface area (Å²) in [5.74, 6) is -2.03. The number of ketones is 1. The number of ether oxygens (including phenoxy) is 1. The van der Waals surface area contributed by atoms with Crippen molar-refractivity contribution in [1.82, 2.24) is 0 Å². The van der Waals surface area contributed by atoms with Gasteiger partial charge in [0.15, 0.2) is 12.4 Å². The van der Waals surface area contributed by atoms with E-state index in [2.05, 4.69) is 5.32 Å². The van der Waals surface area contributed by atoms with Crippen molar-refractivity contribution in [2.45, 2.75) is 0 Å². The van der Waals surface area contributed by atoms with Crippen LogP contribution in [0.1, 0.15) is 15.9 Å². The van der Waals surface area contributed by atoms with Gasteiger partial charge in [-0.25, -0.2) is 8.78 Å². The molecule has 0 aromatic heterocycles. The van der Waals surface area contributed by atoms with Gasteiger partial charge in [0.1, 0.15) is 17.4 Å². The van der Waals surface area contributed by atoms with Crippen LogP contribution < -0.4 is 10.1 Å². The third-order valence-corrected chi connectivity index (χ3v) is 4.05. The summed E-state index contributed by atoms with van der Waals surface area (Å²) in [7, 11) is 0. The smallest absolute Gasteiger partial charge is 0.262 e. The maximum Gasteiger partial charge on any atom is 0.262 e. The molecule has 142 valence electrons. The van der Waals surface area contributed by atoms with Crippen LogP contribution in [0.25, 0.3) is 0 Å². The first kappa shape index (κ1) is 19.5. The first-order valence-electron chi connectivity index (χ1n) is 8.20. The molecule has 3 aromatic rings. The zero-order valence-electron chi connectivity index (χ0n) is 14.4. The van der Waals surface area contributed by atoms with Gasteiger partial charge in [-0.05, 0) is 60.7 Å². The molecule has 1 N–H and O–H groups in total. The summed E-state index contributed by atoms with van der Waals surface area (Å²) < 4.78 is 31.7. The van der Waals surface area contributed by atoms with E-state index >= 15 is 0 Å². The fourth-order valence-electron chi connectivity index (χ4n) is 2.40. The topological polar surface area (TPSA) is 55.4 Å². The maximum absolute atomic E-state index is 13.5. The van der Waals surface area contributed by atoms with Crippen LogP contribution in [-0.4, -0.2) is 18.3 Å². The third-order valence-electron chi connectivity index (χ3n) is 3.80. The van der Waals surface area contributed by atoms with Gasteiger partial charge in [0.25, 0.3) is 5.91 Å². The average molecular weight is 402 g/mol. The molecule has 0 bridgehead atoms. The minimum absolute atomic E-state index is 0.140. The molecular weight excluding hydrogens is 388 g/mol. The van der Waals surface area contributed by atoms with Crippen LogP contribution in [0.15, 0.2) is 66.7 Å². The maximum atomic E-state index is 13.5. The van der Waals surface area contributed by atoms with Crippen molar-refractivity contribution in [3.8, 4) is 5.75 Å². The van der Waals surface area contributed by atoms with E-state index in [-0.39, 0.29) is 18.1 Å². The molecule has 3 rings (SSSR count). The lowest BCUT2D eigenvalue weighted by Crippen LogP contribution is -2.20. The molecule has 0 radical (unpaired) electrons. The van der Waals surface area contributed by atoms with Crippen molar-refractivity contribution in [3.63, 3.8) is 0 Å². The lowest BCUT2D eigenvalue weighted by molar-refractivity contribution is -0.118. The Morgan fingerprint density at radius 2 is 1.50 bits per heavy atom. The number of halogens is 3. The van der Waals surface area contributed by atoms with Gasteiger partial charge in [0.05, 0.1) is 5.69 Å². The fraction of sp³-hybridized carbons (Fsp3) is 0.0476. The molecule has 0 unspecified atom stereocenters. The molecule has 0 fully saturated rings. The Hall–Kier alpha value is -3.25. The van der Waals surface area contributed by atoms with Crippen LogP contribution in [0, 0.1) is 11.6 Å². The second-order valence-corrected chi connectivity index (χ2v) is 6.26. The first-order valence-corrected chi connectivity index (χ1v) is 8.58. The van der Waals surface area contributed by atoms with Crippen molar-refractivity contribution in [2.75, 3.05) is 11.9 Å². The summed E-state index contributed by atoms with van der Waals surface area (Å²) >= 11 is 5.81. The zero-order valence-corrected chi connectivity index (χ0v) is 15.2. The highest BCUT2D eigenvalue weighted by Gasteiger charge is 2.11. The van der Waals surface area contributed by atoms with E-state index in [1.165, 1.54) is 0 Å². The van der Waals surface area contributed by atoms with Gasteiger partial charge in [-0.3, -0.25) is 9.59 Å². The summed E-state index contributed by atoms with van der Waals surface area (Å²) in [5.41, 5.74) is 0.810. The van der Waals surface area contributed by atoms with Crippen LogP contribution in [0.2, 0.25) is 5.02 Å². The molecule has 0 aliphatic carbocycles. The molecule has 28 heavy (non-hydrogen) atoms. The van der Waals surface area contributed by atoms with Gasteiger partial charge in [-0.2, -0.15) is 0 Å². The number of hydrogen-bond acceptors (Lipinski definition) is 3. The predicted molar refractivity (Wildman–Crippen MR) is 102 cm³/mol. The molecular formula is C21H14ClF2NO3. The van der Waals surface area contributed by atoms with E-state index in [9.17, 15) is 18.4 Å². The minimum atomic E-state index is -0.876. The highest BCUT2D eigenvalue weighted by atomic mass is 35.5. The normalized spacial score (nSPS) is 10.4. The third kappa shape index (κ3) is 4.92. The van der Waals surface area contributed by atoms with Gasteiger partial charge < -0.3 is 10.1 Å². The number of rotatable bonds is 6. The van der Waals surface area contributed by atoms with E-state index < -0.39 is 17.5 Å². The molecule has 0 atom stereocenters. The van der Waals surface area contributed by atoms with Crippen LogP contribution in [0.3, 0.4) is 0 Å². The molecule has 3 aromatic carbocycles. The van der Waals surface area contributed by atoms with Gasteiger partial charge in [-0.1, -0.05) is 11.6 Å². The summed E-state index contributed by atoms with van der Waals surface area (Å²) in [6.07, 6.45) is 0. The van der Waals surface area contributed by atoms with Gasteiger partial charge in [0, 0.05) is 22.2 Å². The molecule has 4 nitrogen and oxygen atoms in total. The van der Waals surface area contributed by atoms with Crippen molar-refractivity contribution >= 4 is 29.0 Å². The van der Waals surface area contributed by atoms with E-state index in [1.54, 1.807) is 48.5 Å². The van der Waals surface area contributed by atoms with Crippen LogP contribution >= 0.6 is 11.6 Å². The number of amides is 1. The fourth-order valence-corrected chi connectivity index (χ4v) is 2.52. The SMILES string of the molecule is O=C(COc1ccc(C(=O)c2ccc(Cl)cc2)cc1)Nc1ccc(F)cc1F. The second-order valence-electron chi connectivity index (χ2n) is 5.82. The summed E-state index contributed by atoms with van der Waals surface area (Å²) in [4.78, 5) is 24.2. The number of hydrogen-bond donors (Lipinski definition) is 1. The van der Waals surface area contributed by atoms with E-state index in [0.29, 0.717) is 28.0 Å². The minimum Gasteiger partial charge on any atom is -0.484 e. The molecule has 0 saturated heterocycles. The van der Waals surface area contributed by atoms with Crippen molar-refractivity contribution in [3.05, 3.63) is 94.5 Å². The summed E-state index contributed by atoms with van der Waals surface area (Å²) in [6, 6.07) is 15.6. The Balaban J connectivity index is 1.57. The zero-order chi connectivity index (χ0) is 20.1. The van der Waals surface area contributed by atoms with Crippen molar-refractivity contribution in [1.29, 1.82) is 0 Å². The summed E-state index contributed by atoms with van der Waals surface area (Å²) in [5, 5.41) is 2.83. The van der Waals surface area contributed by atoms with E-state index in [1.807, 2.05) is 0 Å². The highest BCUT2D eigenvalue weighted by Crippen LogP contribution is 2.18. The van der Waals surface area contributed by atoms with Crippen LogP contribution in [0.5, 0.6) is 5.75 Å². The summed E-state index contributed by atoms with van der Waals surface area (Å²) in [6.45, 7) is -0.374. The number of nitrogens with one attached hydrogen (secondary N) is 1.